The largest absolute Gasteiger partial charge is 0.497 e. The fraction of sp³-hybridized carbons (Fsp3) is 0.273. The van der Waals surface area contributed by atoms with Crippen molar-refractivity contribution in [2.24, 2.45) is 0 Å². The highest BCUT2D eigenvalue weighted by molar-refractivity contribution is 5.84. The van der Waals surface area contributed by atoms with Crippen LogP contribution in [0.4, 0.5) is 5.69 Å². The van der Waals surface area contributed by atoms with Gasteiger partial charge in [0.15, 0.2) is 6.79 Å². The lowest BCUT2D eigenvalue weighted by molar-refractivity contribution is -0.907. The molecule has 0 aromatic heterocycles. The van der Waals surface area contributed by atoms with Crippen LogP contribution in [0.5, 0.6) is 11.5 Å². The fourth-order valence-corrected chi connectivity index (χ4v) is 3.76. The van der Waals surface area contributed by atoms with Crippen LogP contribution < -0.4 is 14.4 Å². The molecule has 1 heterocycles. The molecule has 0 saturated carbocycles. The summed E-state index contributed by atoms with van der Waals surface area (Å²) in [5.74, 6) is 1.55. The number of methoxy groups -OCH3 is 1. The van der Waals surface area contributed by atoms with Gasteiger partial charge in [0.2, 0.25) is 0 Å². The predicted octanol–water partition coefficient (Wildman–Crippen LogP) is 2.84. The van der Waals surface area contributed by atoms with Crippen LogP contribution in [0.1, 0.15) is 16.7 Å². The van der Waals surface area contributed by atoms with E-state index in [9.17, 15) is 10.1 Å². The summed E-state index contributed by atoms with van der Waals surface area (Å²) in [6.45, 7) is 1.91. The molecule has 1 aliphatic heterocycles. The van der Waals surface area contributed by atoms with Gasteiger partial charge in [-0.1, -0.05) is 18.2 Å². The van der Waals surface area contributed by atoms with Crippen molar-refractivity contribution in [2.75, 3.05) is 21.0 Å². The smallest absolute Gasteiger partial charge is 0.270 e. The zero-order valence-electron chi connectivity index (χ0n) is 16.4. The van der Waals surface area contributed by atoms with Crippen molar-refractivity contribution < 1.29 is 24.0 Å². The Balaban J connectivity index is 1.55. The van der Waals surface area contributed by atoms with Crippen LogP contribution in [-0.4, -0.2) is 25.9 Å². The van der Waals surface area contributed by atoms with E-state index in [1.165, 1.54) is 16.5 Å². The third kappa shape index (κ3) is 4.16. The first-order valence-corrected chi connectivity index (χ1v) is 9.42. The lowest BCUT2D eigenvalue weighted by atomic mass is 10.0. The van der Waals surface area contributed by atoms with Crippen molar-refractivity contribution in [3.05, 3.63) is 75.3 Å². The van der Waals surface area contributed by atoms with E-state index in [1.54, 1.807) is 13.2 Å². The lowest BCUT2D eigenvalue weighted by Gasteiger charge is -2.22. The highest BCUT2D eigenvalue weighted by Crippen LogP contribution is 2.32. The summed E-state index contributed by atoms with van der Waals surface area (Å²) < 4.78 is 16.2. The third-order valence-corrected chi connectivity index (χ3v) is 5.09. The van der Waals surface area contributed by atoms with Crippen molar-refractivity contribution in [1.29, 1.82) is 0 Å². The van der Waals surface area contributed by atoms with Gasteiger partial charge in [-0.2, -0.15) is 0 Å². The molecule has 7 nitrogen and oxygen atoms in total. The molecule has 0 spiro atoms. The van der Waals surface area contributed by atoms with Crippen molar-refractivity contribution in [1.82, 2.24) is 0 Å². The van der Waals surface area contributed by atoms with Gasteiger partial charge < -0.3 is 19.1 Å². The van der Waals surface area contributed by atoms with E-state index < -0.39 is 0 Å². The Morgan fingerprint density at radius 2 is 1.90 bits per heavy atom. The molecule has 0 saturated heterocycles. The maximum atomic E-state index is 11.3. The van der Waals surface area contributed by atoms with Gasteiger partial charge in [-0.05, 0) is 29.0 Å². The van der Waals surface area contributed by atoms with Crippen molar-refractivity contribution in [3.8, 4) is 11.5 Å². The summed E-state index contributed by atoms with van der Waals surface area (Å²) in [7, 11) is 3.74. The Bertz CT molecular complexity index is 1070. The van der Waals surface area contributed by atoms with E-state index in [4.69, 9.17) is 14.2 Å². The molecule has 29 heavy (non-hydrogen) atoms. The summed E-state index contributed by atoms with van der Waals surface area (Å²) in [4.78, 5) is 12.1. The van der Waals surface area contributed by atoms with Crippen molar-refractivity contribution in [2.45, 2.75) is 19.7 Å². The number of rotatable bonds is 6. The van der Waals surface area contributed by atoms with Crippen LogP contribution in [0.3, 0.4) is 0 Å². The SMILES string of the molecule is COc1ccc2cc(C[NH+](C)Cc3cc([N+](=O)[O-])cc4c3OCOC4)ccc2c1. The zero-order chi connectivity index (χ0) is 20.4. The maximum Gasteiger partial charge on any atom is 0.270 e. The second-order valence-electron chi connectivity index (χ2n) is 7.32. The van der Waals surface area contributed by atoms with Crippen LogP contribution >= 0.6 is 0 Å². The number of quaternary nitrogens is 1. The molecule has 3 aromatic carbocycles. The number of fused-ring (bicyclic) bond motifs is 2. The van der Waals surface area contributed by atoms with Crippen LogP contribution in [-0.2, 0) is 24.4 Å². The Morgan fingerprint density at radius 1 is 1.10 bits per heavy atom. The minimum absolute atomic E-state index is 0.0697. The van der Waals surface area contributed by atoms with Crippen LogP contribution in [0.15, 0.2) is 48.5 Å². The average molecular weight is 395 g/mol. The number of nitro groups is 1. The second-order valence-corrected chi connectivity index (χ2v) is 7.32. The van der Waals surface area contributed by atoms with Gasteiger partial charge in [0.25, 0.3) is 5.69 Å². The summed E-state index contributed by atoms with van der Waals surface area (Å²) in [6.07, 6.45) is 0. The van der Waals surface area contributed by atoms with Gasteiger partial charge in [-0.3, -0.25) is 10.1 Å². The van der Waals surface area contributed by atoms with Crippen LogP contribution in [0.25, 0.3) is 10.8 Å². The zero-order valence-corrected chi connectivity index (χ0v) is 16.4. The molecule has 150 valence electrons. The first kappa shape index (κ1) is 19.2. The summed E-state index contributed by atoms with van der Waals surface area (Å²) in [6, 6.07) is 15.5. The average Bonchev–Trinajstić information content (AvgIpc) is 2.73. The molecule has 0 aliphatic carbocycles. The number of nitrogens with zero attached hydrogens (tertiary/aromatic N) is 1. The molecular formula is C22H23N2O5+. The van der Waals surface area contributed by atoms with Crippen LogP contribution in [0, 0.1) is 10.1 Å². The molecular weight excluding hydrogens is 372 g/mol. The number of benzene rings is 3. The van der Waals surface area contributed by atoms with E-state index >= 15 is 0 Å². The topological polar surface area (TPSA) is 75.3 Å². The van der Waals surface area contributed by atoms with E-state index in [0.29, 0.717) is 18.9 Å². The van der Waals surface area contributed by atoms with E-state index in [0.717, 1.165) is 34.2 Å². The van der Waals surface area contributed by atoms with Crippen molar-refractivity contribution >= 4 is 16.5 Å². The maximum absolute atomic E-state index is 11.3. The molecule has 7 heteroatoms. The number of ether oxygens (including phenoxy) is 3. The predicted molar refractivity (Wildman–Crippen MR) is 108 cm³/mol. The molecule has 0 amide bonds. The molecule has 4 rings (SSSR count). The fourth-order valence-electron chi connectivity index (χ4n) is 3.76. The van der Waals surface area contributed by atoms with Gasteiger partial charge >= 0.3 is 0 Å². The lowest BCUT2D eigenvalue weighted by Crippen LogP contribution is -3.06. The summed E-state index contributed by atoms with van der Waals surface area (Å²) in [5, 5.41) is 13.6. The quantitative estimate of drug-likeness (QED) is 0.513. The molecule has 1 N–H and O–H groups in total. The van der Waals surface area contributed by atoms with Gasteiger partial charge in [0.1, 0.15) is 24.6 Å². The van der Waals surface area contributed by atoms with Crippen LogP contribution in [0.2, 0.25) is 0 Å². The minimum atomic E-state index is -0.370. The van der Waals surface area contributed by atoms with Gasteiger partial charge in [0.05, 0.1) is 31.3 Å². The van der Waals surface area contributed by atoms with E-state index in [-0.39, 0.29) is 17.4 Å². The van der Waals surface area contributed by atoms with Gasteiger partial charge in [0, 0.05) is 23.3 Å². The Morgan fingerprint density at radius 3 is 2.69 bits per heavy atom. The third-order valence-electron chi connectivity index (χ3n) is 5.09. The standard InChI is InChI=1S/C22H22N2O5/c1-23(11-15-3-4-17-10-21(27-2)6-5-16(17)7-15)12-18-8-20(24(25)26)9-19-13-28-14-29-22(18)19/h3-10H,11-14H2,1-2H3/p+1. The van der Waals surface area contributed by atoms with Gasteiger partial charge in [-0.25, -0.2) is 0 Å². The second kappa shape index (κ2) is 8.06. The number of hydrogen-bond acceptors (Lipinski definition) is 5. The number of nitrogens with one attached hydrogen (secondary N) is 1. The highest BCUT2D eigenvalue weighted by atomic mass is 16.7. The number of non-ortho nitro benzene ring substituents is 1. The normalized spacial score (nSPS) is 14.1. The molecule has 3 aromatic rings. The molecule has 0 fully saturated rings. The van der Waals surface area contributed by atoms with Crippen molar-refractivity contribution in [3.63, 3.8) is 0 Å². The van der Waals surface area contributed by atoms with Gasteiger partial charge in [-0.15, -0.1) is 0 Å². The first-order valence-electron chi connectivity index (χ1n) is 9.42. The summed E-state index contributed by atoms with van der Waals surface area (Å²) in [5.41, 5.74) is 2.83. The number of hydrogen-bond donors (Lipinski definition) is 1. The molecule has 1 unspecified atom stereocenters. The Hall–Kier alpha value is -3.16. The van der Waals surface area contributed by atoms with E-state index in [2.05, 4.69) is 31.3 Å². The summed E-state index contributed by atoms with van der Waals surface area (Å²) >= 11 is 0. The Labute approximate surface area is 168 Å². The molecule has 1 aliphatic rings. The first-order chi connectivity index (χ1) is 14.0. The number of nitro benzene ring substituents is 1. The molecule has 0 bridgehead atoms. The molecule has 0 radical (unpaired) electrons. The minimum Gasteiger partial charge on any atom is -0.497 e. The Kier molecular flexibility index (Phi) is 5.33. The van der Waals surface area contributed by atoms with E-state index in [1.807, 2.05) is 12.1 Å². The highest BCUT2D eigenvalue weighted by Gasteiger charge is 2.23. The monoisotopic (exact) mass is 395 g/mol. The molecule has 1 atom stereocenters.